The smallest absolute Gasteiger partial charge is 0.261 e. The van der Waals surface area contributed by atoms with E-state index in [0.717, 1.165) is 23.6 Å². The summed E-state index contributed by atoms with van der Waals surface area (Å²) >= 11 is 1.48. The van der Waals surface area contributed by atoms with E-state index in [2.05, 4.69) is 20.8 Å². The molecule has 1 saturated carbocycles. The first-order chi connectivity index (χ1) is 15.6. The van der Waals surface area contributed by atoms with Crippen LogP contribution in [-0.2, 0) is 4.79 Å². The zero-order valence-electron chi connectivity index (χ0n) is 18.4. The highest BCUT2D eigenvalue weighted by Gasteiger charge is 2.30. The van der Waals surface area contributed by atoms with Gasteiger partial charge in [0.05, 0.1) is 5.25 Å². The third-order valence-corrected chi connectivity index (χ3v) is 7.16. The summed E-state index contributed by atoms with van der Waals surface area (Å²) in [5.41, 5.74) is 1.79. The first kappa shape index (κ1) is 22.6. The van der Waals surface area contributed by atoms with E-state index in [1.165, 1.54) is 43.9 Å². The van der Waals surface area contributed by atoms with E-state index in [1.807, 2.05) is 30.3 Å². The number of amidine groups is 1. The maximum absolute atomic E-state index is 12.8. The molecule has 0 bridgehead atoms. The average Bonchev–Trinajstić information content (AvgIpc) is 3.32. The molecule has 2 aromatic rings. The monoisotopic (exact) mass is 454 g/mol. The van der Waals surface area contributed by atoms with Gasteiger partial charge in [0.25, 0.3) is 11.8 Å². The number of amides is 2. The second-order valence-electron chi connectivity index (χ2n) is 8.42. The summed E-state index contributed by atoms with van der Waals surface area (Å²) in [7, 11) is 0. The highest BCUT2D eigenvalue weighted by atomic mass is 32.2. The van der Waals surface area contributed by atoms with Gasteiger partial charge in [0.1, 0.15) is 17.0 Å². The van der Waals surface area contributed by atoms with Crippen LogP contribution in [0, 0.1) is 6.92 Å². The average molecular weight is 455 g/mol. The quantitative estimate of drug-likeness (QED) is 0.668. The lowest BCUT2D eigenvalue weighted by molar-refractivity contribution is -0.117. The highest BCUT2D eigenvalue weighted by Crippen LogP contribution is 2.27. The minimum absolute atomic E-state index is 0.122. The molecule has 7 nitrogen and oxygen atoms in total. The van der Waals surface area contributed by atoms with Gasteiger partial charge in [0, 0.05) is 18.2 Å². The second-order valence-corrected chi connectivity index (χ2v) is 9.61. The maximum atomic E-state index is 12.8. The van der Waals surface area contributed by atoms with E-state index in [9.17, 15) is 9.59 Å². The van der Waals surface area contributed by atoms with Crippen molar-refractivity contribution in [2.45, 2.75) is 69.6 Å². The molecule has 0 radical (unpaired) electrons. The van der Waals surface area contributed by atoms with Crippen molar-refractivity contribution < 1.29 is 14.1 Å². The van der Waals surface area contributed by atoms with Gasteiger partial charge in [-0.25, -0.2) is 0 Å². The number of carbonyl (C=O) groups is 2. The number of aliphatic imine (C=N–C) groups is 1. The molecule has 4 rings (SSSR count). The third-order valence-electron chi connectivity index (χ3n) is 6.00. The topological polar surface area (TPSA) is 96.6 Å². The number of hydrogen-bond acceptors (Lipinski definition) is 6. The van der Waals surface area contributed by atoms with E-state index in [4.69, 9.17) is 4.52 Å². The summed E-state index contributed by atoms with van der Waals surface area (Å²) in [6.07, 6.45) is 9.16. The standard InChI is InChI=1S/C24H30N4O3S/c1-16-20(21(28-31-16)17-10-6-5-7-11-17)23(30)25-15-14-19-22(29)27-24(32-19)26-18-12-8-3-2-4-9-13-18/h5-7,10-11,18-19H,2-4,8-9,12-15H2,1H3,(H,25,30)(H,26,27,29). The molecule has 2 heterocycles. The fourth-order valence-corrected chi connectivity index (χ4v) is 5.28. The molecule has 1 aliphatic carbocycles. The minimum atomic E-state index is -0.261. The van der Waals surface area contributed by atoms with Crippen molar-refractivity contribution in [2.75, 3.05) is 6.54 Å². The molecule has 170 valence electrons. The summed E-state index contributed by atoms with van der Waals surface area (Å²) in [6, 6.07) is 9.89. The maximum Gasteiger partial charge on any atom is 0.261 e. The number of rotatable bonds is 6. The molecule has 8 heteroatoms. The molecule has 1 aromatic carbocycles. The first-order valence-electron chi connectivity index (χ1n) is 11.5. The van der Waals surface area contributed by atoms with Crippen molar-refractivity contribution in [1.82, 2.24) is 15.8 Å². The molecule has 2 aliphatic rings. The Bertz CT molecular complexity index is 965. The summed E-state index contributed by atoms with van der Waals surface area (Å²) < 4.78 is 5.28. The van der Waals surface area contributed by atoms with Gasteiger partial charge >= 0.3 is 0 Å². The van der Waals surface area contributed by atoms with Crippen LogP contribution in [0.1, 0.15) is 67.5 Å². The molecule has 1 fully saturated rings. The Kier molecular flexibility index (Phi) is 7.63. The third kappa shape index (κ3) is 5.59. The fraction of sp³-hybridized carbons (Fsp3) is 0.500. The van der Waals surface area contributed by atoms with Crippen LogP contribution in [0.3, 0.4) is 0 Å². The largest absolute Gasteiger partial charge is 0.362 e. The van der Waals surface area contributed by atoms with E-state index in [-0.39, 0.29) is 17.1 Å². The zero-order valence-corrected chi connectivity index (χ0v) is 19.2. The predicted molar refractivity (Wildman–Crippen MR) is 127 cm³/mol. The molecule has 2 amide bonds. The van der Waals surface area contributed by atoms with Crippen molar-refractivity contribution in [1.29, 1.82) is 0 Å². The molecule has 32 heavy (non-hydrogen) atoms. The highest BCUT2D eigenvalue weighted by molar-refractivity contribution is 8.15. The molecule has 1 aliphatic heterocycles. The first-order valence-corrected chi connectivity index (χ1v) is 12.4. The molecule has 0 spiro atoms. The summed E-state index contributed by atoms with van der Waals surface area (Å²) in [4.78, 5) is 29.4. The van der Waals surface area contributed by atoms with Gasteiger partial charge in [-0.3, -0.25) is 9.59 Å². The molecular weight excluding hydrogens is 424 g/mol. The van der Waals surface area contributed by atoms with Crippen LogP contribution < -0.4 is 10.6 Å². The SMILES string of the molecule is Cc1onc(-c2ccccc2)c1C(=O)NCCC1SC(NC2CCCCCCC2)=NC1=O. The number of aryl methyl sites for hydroxylation is 1. The van der Waals surface area contributed by atoms with Crippen molar-refractivity contribution in [3.8, 4) is 11.3 Å². The van der Waals surface area contributed by atoms with Gasteiger partial charge in [0.15, 0.2) is 5.17 Å². The number of nitrogens with one attached hydrogen (secondary N) is 2. The Labute approximate surface area is 192 Å². The van der Waals surface area contributed by atoms with Gasteiger partial charge in [-0.1, -0.05) is 79.4 Å². The van der Waals surface area contributed by atoms with Crippen molar-refractivity contribution in [3.63, 3.8) is 0 Å². The summed E-state index contributed by atoms with van der Waals surface area (Å²) in [5.74, 6) is 0.109. The minimum Gasteiger partial charge on any atom is -0.362 e. The number of aromatic nitrogens is 1. The van der Waals surface area contributed by atoms with Crippen molar-refractivity contribution >= 4 is 28.7 Å². The Morgan fingerprint density at radius 2 is 1.84 bits per heavy atom. The van der Waals surface area contributed by atoms with Crippen LogP contribution in [0.5, 0.6) is 0 Å². The van der Waals surface area contributed by atoms with Gasteiger partial charge in [-0.2, -0.15) is 4.99 Å². The van der Waals surface area contributed by atoms with Gasteiger partial charge in [-0.05, 0) is 26.2 Å². The molecule has 0 saturated heterocycles. The van der Waals surface area contributed by atoms with Crippen LogP contribution in [-0.4, -0.2) is 40.0 Å². The van der Waals surface area contributed by atoms with Gasteiger partial charge < -0.3 is 15.2 Å². The lowest BCUT2D eigenvalue weighted by Crippen LogP contribution is -2.33. The fourth-order valence-electron chi connectivity index (χ4n) is 4.25. The molecule has 1 atom stereocenters. The van der Waals surface area contributed by atoms with Crippen LogP contribution >= 0.6 is 11.8 Å². The number of nitrogens with zero attached hydrogens (tertiary/aromatic N) is 2. The second kappa shape index (κ2) is 10.8. The summed E-state index contributed by atoms with van der Waals surface area (Å²) in [6.45, 7) is 2.11. The lowest BCUT2D eigenvalue weighted by Gasteiger charge is -2.21. The molecule has 1 unspecified atom stereocenters. The Balaban J connectivity index is 1.28. The zero-order chi connectivity index (χ0) is 22.3. The van der Waals surface area contributed by atoms with E-state index in [0.29, 0.717) is 36.0 Å². The van der Waals surface area contributed by atoms with Crippen LogP contribution in [0.25, 0.3) is 11.3 Å². The van der Waals surface area contributed by atoms with Crippen LogP contribution in [0.4, 0.5) is 0 Å². The number of hydrogen-bond donors (Lipinski definition) is 2. The molecular formula is C24H30N4O3S. The number of benzene rings is 1. The van der Waals surface area contributed by atoms with Gasteiger partial charge in [-0.15, -0.1) is 0 Å². The Hall–Kier alpha value is -2.61. The Morgan fingerprint density at radius 1 is 1.12 bits per heavy atom. The number of thioether (sulfide) groups is 1. The number of carbonyl (C=O) groups excluding carboxylic acids is 2. The van der Waals surface area contributed by atoms with E-state index < -0.39 is 0 Å². The summed E-state index contributed by atoms with van der Waals surface area (Å²) in [5, 5.41) is 10.9. The lowest BCUT2D eigenvalue weighted by atomic mass is 9.97. The van der Waals surface area contributed by atoms with Crippen molar-refractivity contribution in [2.24, 2.45) is 4.99 Å². The van der Waals surface area contributed by atoms with E-state index >= 15 is 0 Å². The van der Waals surface area contributed by atoms with Crippen LogP contribution in [0.15, 0.2) is 39.8 Å². The van der Waals surface area contributed by atoms with E-state index in [1.54, 1.807) is 6.92 Å². The van der Waals surface area contributed by atoms with Crippen molar-refractivity contribution in [3.05, 3.63) is 41.7 Å². The normalized spacial score (nSPS) is 19.8. The van der Waals surface area contributed by atoms with Gasteiger partial charge in [0.2, 0.25) is 0 Å². The molecule has 2 N–H and O–H groups in total. The predicted octanol–water partition coefficient (Wildman–Crippen LogP) is 4.47. The Morgan fingerprint density at radius 3 is 2.59 bits per heavy atom. The van der Waals surface area contributed by atoms with Crippen LogP contribution in [0.2, 0.25) is 0 Å². The molecule has 1 aromatic heterocycles.